The molecule has 3 aliphatic heterocycles. The third-order valence-corrected chi connectivity index (χ3v) is 6.43. The Kier molecular flexibility index (Phi) is 4.70. The van der Waals surface area contributed by atoms with Crippen molar-refractivity contribution in [3.8, 4) is 6.07 Å². The van der Waals surface area contributed by atoms with Gasteiger partial charge in [0.25, 0.3) is 11.8 Å². The van der Waals surface area contributed by atoms with Gasteiger partial charge in [0.05, 0.1) is 17.2 Å². The molecule has 5 rings (SSSR count). The van der Waals surface area contributed by atoms with Crippen molar-refractivity contribution in [2.45, 2.75) is 52.6 Å². The number of amides is 2. The summed E-state index contributed by atoms with van der Waals surface area (Å²) in [6.07, 6.45) is 1.78. The van der Waals surface area contributed by atoms with Crippen molar-refractivity contribution in [1.82, 2.24) is 9.80 Å². The number of nitriles is 1. The second kappa shape index (κ2) is 7.07. The molecule has 3 saturated heterocycles. The minimum Gasteiger partial charge on any atom is -0.466 e. The van der Waals surface area contributed by atoms with Crippen molar-refractivity contribution in [2.75, 3.05) is 13.1 Å². The number of nitrogens with zero attached hydrogens (tertiary/aromatic N) is 3. The van der Waals surface area contributed by atoms with Crippen LogP contribution in [-0.4, -0.2) is 46.8 Å². The molecule has 0 aliphatic carbocycles. The Morgan fingerprint density at radius 2 is 1.62 bits per heavy atom. The fraction of sp³-hybridized carbons (Fsp3) is 0.435. The van der Waals surface area contributed by atoms with E-state index < -0.39 is 0 Å². The van der Waals surface area contributed by atoms with Crippen LogP contribution in [0.5, 0.6) is 0 Å². The van der Waals surface area contributed by atoms with Crippen LogP contribution in [0.4, 0.5) is 0 Å². The monoisotopic (exact) mass is 391 g/mol. The van der Waals surface area contributed by atoms with Crippen LogP contribution in [0.15, 0.2) is 22.6 Å². The van der Waals surface area contributed by atoms with Gasteiger partial charge in [-0.2, -0.15) is 5.26 Å². The van der Waals surface area contributed by atoms with Crippen LogP contribution in [0.3, 0.4) is 0 Å². The fourth-order valence-electron chi connectivity index (χ4n) is 4.62. The number of piperazine rings is 1. The zero-order chi connectivity index (χ0) is 20.9. The average molecular weight is 391 g/mol. The number of aryl methyl sites for hydroxylation is 3. The minimum atomic E-state index is -0.0604. The standard InChI is InChI=1S/C23H25N3O3/c1-13-5-6-17(9-18(13)10-24)22(27)25-11-20-8-7-19(25)12-26(20)23(28)21-14(2)15(3)29-16(21)4/h5-6,9,19-20H,7-8,11-12H2,1-4H3. The average Bonchev–Trinajstić information content (AvgIpc) is 2.99. The van der Waals surface area contributed by atoms with Gasteiger partial charge < -0.3 is 14.2 Å². The molecule has 0 N–H and O–H groups in total. The van der Waals surface area contributed by atoms with E-state index in [1.807, 2.05) is 43.6 Å². The predicted octanol–water partition coefficient (Wildman–Crippen LogP) is 3.51. The quantitative estimate of drug-likeness (QED) is 0.785. The highest BCUT2D eigenvalue weighted by molar-refractivity contribution is 5.98. The van der Waals surface area contributed by atoms with E-state index in [4.69, 9.17) is 4.42 Å². The summed E-state index contributed by atoms with van der Waals surface area (Å²) in [6.45, 7) is 8.55. The zero-order valence-corrected chi connectivity index (χ0v) is 17.3. The molecule has 6 heteroatoms. The van der Waals surface area contributed by atoms with Gasteiger partial charge in [0, 0.05) is 36.3 Å². The molecule has 3 aliphatic rings. The van der Waals surface area contributed by atoms with Crippen LogP contribution < -0.4 is 0 Å². The molecule has 29 heavy (non-hydrogen) atoms. The number of carbonyl (C=O) groups excluding carboxylic acids is 2. The number of hydrogen-bond acceptors (Lipinski definition) is 4. The molecule has 1 aromatic heterocycles. The maximum atomic E-state index is 13.2. The van der Waals surface area contributed by atoms with Gasteiger partial charge in [-0.25, -0.2) is 0 Å². The Morgan fingerprint density at radius 1 is 1.00 bits per heavy atom. The second-order valence-electron chi connectivity index (χ2n) is 8.16. The summed E-state index contributed by atoms with van der Waals surface area (Å²) in [4.78, 5) is 30.2. The van der Waals surface area contributed by atoms with Gasteiger partial charge >= 0.3 is 0 Å². The lowest BCUT2D eigenvalue weighted by molar-refractivity contribution is -0.00619. The topological polar surface area (TPSA) is 77.6 Å². The first kappa shape index (κ1) is 19.3. The van der Waals surface area contributed by atoms with E-state index in [0.29, 0.717) is 35.5 Å². The first-order chi connectivity index (χ1) is 13.8. The van der Waals surface area contributed by atoms with Gasteiger partial charge in [0.2, 0.25) is 0 Å². The maximum absolute atomic E-state index is 13.2. The summed E-state index contributed by atoms with van der Waals surface area (Å²) < 4.78 is 5.65. The summed E-state index contributed by atoms with van der Waals surface area (Å²) in [7, 11) is 0. The Bertz CT molecular complexity index is 1050. The van der Waals surface area contributed by atoms with Crippen LogP contribution in [0.25, 0.3) is 0 Å². The molecule has 4 heterocycles. The summed E-state index contributed by atoms with van der Waals surface area (Å²) in [5.74, 6) is 1.37. The number of piperidine rings is 2. The highest BCUT2D eigenvalue weighted by atomic mass is 16.3. The molecule has 2 amide bonds. The molecule has 2 aromatic rings. The minimum absolute atomic E-state index is 0.000696. The molecular formula is C23H25N3O3. The summed E-state index contributed by atoms with van der Waals surface area (Å²) >= 11 is 0. The molecule has 6 nitrogen and oxygen atoms in total. The van der Waals surface area contributed by atoms with Gasteiger partial charge in [0.15, 0.2) is 0 Å². The number of rotatable bonds is 2. The number of furan rings is 1. The zero-order valence-electron chi connectivity index (χ0n) is 17.3. The van der Waals surface area contributed by atoms with Crippen molar-refractivity contribution < 1.29 is 14.0 Å². The Morgan fingerprint density at radius 3 is 2.14 bits per heavy atom. The van der Waals surface area contributed by atoms with E-state index in [-0.39, 0.29) is 23.9 Å². The summed E-state index contributed by atoms with van der Waals surface area (Å²) in [5, 5.41) is 9.26. The lowest BCUT2D eigenvalue weighted by Crippen LogP contribution is -2.65. The molecule has 0 saturated carbocycles. The molecule has 2 atom stereocenters. The molecule has 1 aromatic carbocycles. The van der Waals surface area contributed by atoms with Gasteiger partial charge in [-0.1, -0.05) is 6.07 Å². The number of carbonyl (C=O) groups is 2. The van der Waals surface area contributed by atoms with E-state index in [1.54, 1.807) is 12.1 Å². The lowest BCUT2D eigenvalue weighted by Gasteiger charge is -2.51. The molecule has 150 valence electrons. The van der Waals surface area contributed by atoms with Gasteiger partial charge in [-0.3, -0.25) is 9.59 Å². The van der Waals surface area contributed by atoms with Gasteiger partial charge in [0.1, 0.15) is 11.5 Å². The smallest absolute Gasteiger partial charge is 0.258 e. The number of fused-ring (bicyclic) bond motifs is 3. The highest BCUT2D eigenvalue weighted by Crippen LogP contribution is 2.33. The van der Waals surface area contributed by atoms with Crippen molar-refractivity contribution in [2.24, 2.45) is 0 Å². The molecule has 0 radical (unpaired) electrons. The molecule has 3 fully saturated rings. The molecule has 2 unspecified atom stereocenters. The largest absolute Gasteiger partial charge is 0.466 e. The van der Waals surface area contributed by atoms with Gasteiger partial charge in [-0.05, 0) is 58.2 Å². The second-order valence-corrected chi connectivity index (χ2v) is 8.16. The normalized spacial score (nSPS) is 20.7. The molecule has 2 bridgehead atoms. The Labute approximate surface area is 170 Å². The highest BCUT2D eigenvalue weighted by Gasteiger charge is 2.44. The van der Waals surface area contributed by atoms with Crippen LogP contribution in [0.1, 0.15) is 61.8 Å². The van der Waals surface area contributed by atoms with Crippen LogP contribution in [-0.2, 0) is 0 Å². The summed E-state index contributed by atoms with van der Waals surface area (Å²) in [6, 6.07) is 7.42. The first-order valence-electron chi connectivity index (χ1n) is 10.0. The lowest BCUT2D eigenvalue weighted by atomic mass is 9.89. The van der Waals surface area contributed by atoms with E-state index in [1.165, 1.54) is 0 Å². The fourth-order valence-corrected chi connectivity index (χ4v) is 4.62. The van der Waals surface area contributed by atoms with Gasteiger partial charge in [-0.15, -0.1) is 0 Å². The Balaban J connectivity index is 1.56. The van der Waals surface area contributed by atoms with Crippen molar-refractivity contribution >= 4 is 11.8 Å². The van der Waals surface area contributed by atoms with Crippen molar-refractivity contribution in [3.05, 3.63) is 57.5 Å². The molecule has 0 spiro atoms. The van der Waals surface area contributed by atoms with E-state index in [9.17, 15) is 14.9 Å². The SMILES string of the molecule is Cc1ccc(C(=O)N2CC3CCC2CN3C(=O)c2c(C)oc(C)c2C)cc1C#N. The molecular weight excluding hydrogens is 366 g/mol. The van der Waals surface area contributed by atoms with Crippen LogP contribution in [0, 0.1) is 39.0 Å². The van der Waals surface area contributed by atoms with E-state index >= 15 is 0 Å². The van der Waals surface area contributed by atoms with Crippen LogP contribution >= 0.6 is 0 Å². The Hall–Kier alpha value is -3.07. The van der Waals surface area contributed by atoms with Crippen LogP contribution in [0.2, 0.25) is 0 Å². The summed E-state index contributed by atoms with van der Waals surface area (Å²) in [5.41, 5.74) is 3.48. The maximum Gasteiger partial charge on any atom is 0.258 e. The van der Waals surface area contributed by atoms with Crippen molar-refractivity contribution in [3.63, 3.8) is 0 Å². The first-order valence-corrected chi connectivity index (χ1v) is 10.0. The number of benzene rings is 1. The third kappa shape index (κ3) is 3.11. The van der Waals surface area contributed by atoms with Crippen molar-refractivity contribution in [1.29, 1.82) is 5.26 Å². The third-order valence-electron chi connectivity index (χ3n) is 6.43. The number of hydrogen-bond donors (Lipinski definition) is 0. The predicted molar refractivity (Wildman–Crippen MR) is 108 cm³/mol. The van der Waals surface area contributed by atoms with E-state index in [2.05, 4.69) is 6.07 Å². The van der Waals surface area contributed by atoms with E-state index in [0.717, 1.165) is 29.7 Å².